The van der Waals surface area contributed by atoms with Crippen LogP contribution in [-0.2, 0) is 13.0 Å². The van der Waals surface area contributed by atoms with Crippen LogP contribution in [-0.4, -0.2) is 40.5 Å². The Morgan fingerprint density at radius 2 is 2.21 bits per heavy atom. The largest absolute Gasteiger partial charge is 0.493 e. The Morgan fingerprint density at radius 3 is 2.88 bits per heavy atom. The number of hydrogen-bond donors (Lipinski definition) is 1. The number of aromatic nitrogens is 1. The quantitative estimate of drug-likeness (QED) is 0.921. The van der Waals surface area contributed by atoms with Crippen molar-refractivity contribution in [1.82, 2.24) is 9.88 Å². The van der Waals surface area contributed by atoms with E-state index in [9.17, 15) is 14.7 Å². The first-order valence-electron chi connectivity index (χ1n) is 7.65. The van der Waals surface area contributed by atoms with Crippen LogP contribution in [0.3, 0.4) is 0 Å². The van der Waals surface area contributed by atoms with Gasteiger partial charge in [-0.2, -0.15) is 0 Å². The molecular weight excluding hydrogens is 328 g/mol. The summed E-state index contributed by atoms with van der Waals surface area (Å²) in [6.45, 7) is 2.84. The summed E-state index contributed by atoms with van der Waals surface area (Å²) in [6, 6.07) is 2.94. The predicted molar refractivity (Wildman–Crippen MR) is 89.9 cm³/mol. The standard InChI is InChI=1S/C17H18N2O4S/c1-10-9-24-15(18-10)8-19(2)16(20)13-6-11(17(21)22)7-14-12(13)4-3-5-23-14/h6-7,9H,3-5,8H2,1-2H3,(H,21,22). The third kappa shape index (κ3) is 3.26. The van der Waals surface area contributed by atoms with E-state index in [4.69, 9.17) is 4.74 Å². The number of carbonyl (C=O) groups is 2. The molecule has 0 radical (unpaired) electrons. The Bertz CT molecular complexity index is 800. The lowest BCUT2D eigenvalue weighted by molar-refractivity contribution is 0.0696. The highest BCUT2D eigenvalue weighted by atomic mass is 32.1. The molecule has 3 rings (SSSR count). The van der Waals surface area contributed by atoms with Crippen LogP contribution in [0.1, 0.15) is 43.4 Å². The topological polar surface area (TPSA) is 79.7 Å². The molecule has 126 valence electrons. The van der Waals surface area contributed by atoms with E-state index in [1.807, 2.05) is 12.3 Å². The van der Waals surface area contributed by atoms with Crippen LogP contribution in [0.15, 0.2) is 17.5 Å². The average molecular weight is 346 g/mol. The summed E-state index contributed by atoms with van der Waals surface area (Å²) in [5.41, 5.74) is 2.19. The maximum atomic E-state index is 12.9. The van der Waals surface area contributed by atoms with E-state index >= 15 is 0 Å². The number of fused-ring (bicyclic) bond motifs is 1. The molecule has 0 fully saturated rings. The summed E-state index contributed by atoms with van der Waals surface area (Å²) in [7, 11) is 1.70. The second kappa shape index (κ2) is 6.60. The van der Waals surface area contributed by atoms with Crippen LogP contribution in [0.2, 0.25) is 0 Å². The molecule has 0 bridgehead atoms. The van der Waals surface area contributed by atoms with Crippen molar-refractivity contribution >= 4 is 23.2 Å². The summed E-state index contributed by atoms with van der Waals surface area (Å²) < 4.78 is 5.56. The smallest absolute Gasteiger partial charge is 0.335 e. The molecule has 1 N–H and O–H groups in total. The minimum Gasteiger partial charge on any atom is -0.493 e. The number of amides is 1. The van der Waals surface area contributed by atoms with Gasteiger partial charge in [0, 0.05) is 29.2 Å². The number of thiazole rings is 1. The summed E-state index contributed by atoms with van der Waals surface area (Å²) in [6.07, 6.45) is 1.52. The number of carboxylic acids is 1. The summed E-state index contributed by atoms with van der Waals surface area (Å²) >= 11 is 1.50. The third-order valence-corrected chi connectivity index (χ3v) is 4.85. The van der Waals surface area contributed by atoms with Crippen LogP contribution in [0, 0.1) is 6.92 Å². The third-order valence-electron chi connectivity index (χ3n) is 3.90. The Hall–Kier alpha value is -2.41. The Morgan fingerprint density at radius 1 is 1.42 bits per heavy atom. The molecule has 1 aromatic heterocycles. The molecule has 0 spiro atoms. The number of carbonyl (C=O) groups excluding carboxylic acids is 1. The van der Waals surface area contributed by atoms with Crippen molar-refractivity contribution in [2.75, 3.05) is 13.7 Å². The first-order chi connectivity index (χ1) is 11.5. The monoisotopic (exact) mass is 346 g/mol. The van der Waals surface area contributed by atoms with Crippen molar-refractivity contribution in [2.45, 2.75) is 26.3 Å². The molecule has 0 saturated heterocycles. The molecule has 2 heterocycles. The first-order valence-corrected chi connectivity index (χ1v) is 8.53. The molecule has 0 aliphatic carbocycles. The van der Waals surface area contributed by atoms with E-state index in [0.29, 0.717) is 30.9 Å². The van der Waals surface area contributed by atoms with Gasteiger partial charge in [-0.05, 0) is 31.9 Å². The first kappa shape index (κ1) is 16.4. The summed E-state index contributed by atoms with van der Waals surface area (Å²) in [4.78, 5) is 30.1. The second-order valence-corrected chi connectivity index (χ2v) is 6.74. The van der Waals surface area contributed by atoms with Crippen LogP contribution in [0.4, 0.5) is 0 Å². The molecule has 1 aromatic carbocycles. The zero-order chi connectivity index (χ0) is 17.3. The minimum atomic E-state index is -1.07. The van der Waals surface area contributed by atoms with Crippen molar-refractivity contribution < 1.29 is 19.4 Å². The molecule has 24 heavy (non-hydrogen) atoms. The van der Waals surface area contributed by atoms with E-state index in [1.54, 1.807) is 11.9 Å². The molecular formula is C17H18N2O4S. The maximum absolute atomic E-state index is 12.9. The number of ether oxygens (including phenoxy) is 1. The van der Waals surface area contributed by atoms with Gasteiger partial charge in [0.15, 0.2) is 0 Å². The number of aryl methyl sites for hydroxylation is 1. The van der Waals surface area contributed by atoms with Crippen LogP contribution < -0.4 is 4.74 Å². The van der Waals surface area contributed by atoms with Gasteiger partial charge in [0.05, 0.1) is 18.7 Å². The lowest BCUT2D eigenvalue weighted by atomic mass is 9.96. The van der Waals surface area contributed by atoms with Gasteiger partial charge < -0.3 is 14.7 Å². The van der Waals surface area contributed by atoms with Crippen LogP contribution >= 0.6 is 11.3 Å². The van der Waals surface area contributed by atoms with Gasteiger partial charge in [0.1, 0.15) is 10.8 Å². The van der Waals surface area contributed by atoms with Gasteiger partial charge in [0.25, 0.3) is 5.91 Å². The van der Waals surface area contributed by atoms with Gasteiger partial charge in [0.2, 0.25) is 0 Å². The van der Waals surface area contributed by atoms with E-state index in [0.717, 1.165) is 22.7 Å². The number of carboxylic acid groups (broad SMARTS) is 1. The summed E-state index contributed by atoms with van der Waals surface area (Å²) in [5.74, 6) is -0.782. The number of nitrogens with zero attached hydrogens (tertiary/aromatic N) is 2. The second-order valence-electron chi connectivity index (χ2n) is 5.80. The van der Waals surface area contributed by atoms with E-state index < -0.39 is 5.97 Å². The molecule has 0 saturated carbocycles. The predicted octanol–water partition coefficient (Wildman–Crippen LogP) is 2.75. The highest BCUT2D eigenvalue weighted by Crippen LogP contribution is 2.30. The SMILES string of the molecule is Cc1csc(CN(C)C(=O)c2cc(C(=O)O)cc3c2CCCO3)n1. The van der Waals surface area contributed by atoms with Gasteiger partial charge in [-0.15, -0.1) is 11.3 Å². The number of aromatic carboxylic acids is 1. The van der Waals surface area contributed by atoms with Crippen molar-refractivity contribution in [3.63, 3.8) is 0 Å². The number of hydrogen-bond acceptors (Lipinski definition) is 5. The number of benzene rings is 1. The normalized spacial score (nSPS) is 13.1. The van der Waals surface area contributed by atoms with Gasteiger partial charge in [-0.3, -0.25) is 4.79 Å². The number of rotatable bonds is 4. The Balaban J connectivity index is 1.93. The molecule has 1 amide bonds. The Kier molecular flexibility index (Phi) is 4.53. The molecule has 1 aliphatic rings. The zero-order valence-corrected chi connectivity index (χ0v) is 14.4. The fraction of sp³-hybridized carbons (Fsp3) is 0.353. The van der Waals surface area contributed by atoms with E-state index in [-0.39, 0.29) is 11.5 Å². The van der Waals surface area contributed by atoms with Crippen LogP contribution in [0.25, 0.3) is 0 Å². The molecule has 0 atom stereocenters. The van der Waals surface area contributed by atoms with Crippen molar-refractivity contribution in [1.29, 1.82) is 0 Å². The molecule has 7 heteroatoms. The average Bonchev–Trinajstić information content (AvgIpc) is 2.97. The van der Waals surface area contributed by atoms with Crippen molar-refractivity contribution in [2.24, 2.45) is 0 Å². The lowest BCUT2D eigenvalue weighted by Gasteiger charge is -2.23. The fourth-order valence-corrected chi connectivity index (χ4v) is 3.56. The summed E-state index contributed by atoms with van der Waals surface area (Å²) in [5, 5.41) is 12.1. The lowest BCUT2D eigenvalue weighted by Crippen LogP contribution is -2.28. The zero-order valence-electron chi connectivity index (χ0n) is 13.5. The van der Waals surface area contributed by atoms with Crippen LogP contribution in [0.5, 0.6) is 5.75 Å². The van der Waals surface area contributed by atoms with Gasteiger partial charge in [-0.25, -0.2) is 9.78 Å². The fourth-order valence-electron chi connectivity index (χ4n) is 2.73. The van der Waals surface area contributed by atoms with Crippen molar-refractivity contribution in [3.8, 4) is 5.75 Å². The van der Waals surface area contributed by atoms with Gasteiger partial charge in [-0.1, -0.05) is 0 Å². The maximum Gasteiger partial charge on any atom is 0.335 e. The Labute approximate surface area is 143 Å². The van der Waals surface area contributed by atoms with Crippen molar-refractivity contribution in [3.05, 3.63) is 44.9 Å². The molecule has 6 nitrogen and oxygen atoms in total. The van der Waals surface area contributed by atoms with E-state index in [2.05, 4.69) is 4.98 Å². The highest BCUT2D eigenvalue weighted by molar-refractivity contribution is 7.09. The molecule has 2 aromatic rings. The molecule has 1 aliphatic heterocycles. The van der Waals surface area contributed by atoms with Gasteiger partial charge >= 0.3 is 5.97 Å². The highest BCUT2D eigenvalue weighted by Gasteiger charge is 2.24. The molecule has 0 unspecified atom stereocenters. The van der Waals surface area contributed by atoms with E-state index in [1.165, 1.54) is 23.5 Å². The minimum absolute atomic E-state index is 0.0671.